The minimum atomic E-state index is -2.11. The van der Waals surface area contributed by atoms with Crippen molar-refractivity contribution in [3.8, 4) is 0 Å². The van der Waals surface area contributed by atoms with Gasteiger partial charge in [-0.3, -0.25) is 14.4 Å². The molecular formula is C10H18NO6+. The van der Waals surface area contributed by atoms with E-state index in [4.69, 9.17) is 14.2 Å². The summed E-state index contributed by atoms with van der Waals surface area (Å²) in [6.45, 7) is 3.37. The van der Waals surface area contributed by atoms with Crippen molar-refractivity contribution < 1.29 is 33.1 Å². The SMILES string of the molecule is CC(=O)OC(OC(C)=O)(OC(C)=O)[N+](C)(C)C. The standard InChI is InChI=1S/C10H18NO6/c1-7(12)15-10(11(4,5)6,16-8(2)13)17-9(3)14/h1-6H3/q+1. The molecule has 17 heavy (non-hydrogen) atoms. The number of carbonyl (C=O) groups excluding carboxylic acids is 3. The van der Waals surface area contributed by atoms with Crippen molar-refractivity contribution in [3.63, 3.8) is 0 Å². The van der Waals surface area contributed by atoms with Crippen LogP contribution in [0.3, 0.4) is 0 Å². The summed E-state index contributed by atoms with van der Waals surface area (Å²) in [5.74, 6) is -2.21. The van der Waals surface area contributed by atoms with Gasteiger partial charge < -0.3 is 14.2 Å². The summed E-state index contributed by atoms with van der Waals surface area (Å²) in [6.07, 6.45) is -2.11. The Morgan fingerprint density at radius 2 is 1.00 bits per heavy atom. The monoisotopic (exact) mass is 248 g/mol. The van der Waals surface area contributed by atoms with Gasteiger partial charge in [0.05, 0.1) is 21.1 Å². The van der Waals surface area contributed by atoms with Crippen LogP contribution in [0, 0.1) is 0 Å². The second kappa shape index (κ2) is 5.13. The lowest BCUT2D eigenvalue weighted by Crippen LogP contribution is -2.64. The van der Waals surface area contributed by atoms with Crippen molar-refractivity contribution in [1.82, 2.24) is 0 Å². The van der Waals surface area contributed by atoms with Crippen LogP contribution < -0.4 is 0 Å². The van der Waals surface area contributed by atoms with Gasteiger partial charge in [-0.1, -0.05) is 0 Å². The summed E-state index contributed by atoms with van der Waals surface area (Å²) >= 11 is 0. The topological polar surface area (TPSA) is 78.9 Å². The molecule has 7 nitrogen and oxygen atoms in total. The Morgan fingerprint density at radius 1 is 0.765 bits per heavy atom. The molecule has 0 unspecified atom stereocenters. The Kier molecular flexibility index (Phi) is 4.64. The summed E-state index contributed by atoms with van der Waals surface area (Å²) in [6, 6.07) is 0. The van der Waals surface area contributed by atoms with Gasteiger partial charge in [-0.15, -0.1) is 0 Å². The molecule has 0 N–H and O–H groups in total. The number of hydrogen-bond donors (Lipinski definition) is 0. The van der Waals surface area contributed by atoms with E-state index in [2.05, 4.69) is 0 Å². The number of esters is 3. The van der Waals surface area contributed by atoms with Gasteiger partial charge in [-0.25, -0.2) is 4.48 Å². The highest BCUT2D eigenvalue weighted by Crippen LogP contribution is 2.25. The first-order valence-electron chi connectivity index (χ1n) is 4.90. The predicted molar refractivity (Wildman–Crippen MR) is 56.1 cm³/mol. The summed E-state index contributed by atoms with van der Waals surface area (Å²) in [4.78, 5) is 33.2. The average molecular weight is 248 g/mol. The van der Waals surface area contributed by atoms with Gasteiger partial charge in [0, 0.05) is 20.8 Å². The van der Waals surface area contributed by atoms with Gasteiger partial charge in [0.15, 0.2) is 0 Å². The summed E-state index contributed by atoms with van der Waals surface area (Å²) < 4.78 is 14.4. The maximum Gasteiger partial charge on any atom is 0.597 e. The van der Waals surface area contributed by atoms with Crippen LogP contribution in [0.25, 0.3) is 0 Å². The lowest BCUT2D eigenvalue weighted by Gasteiger charge is -2.38. The molecule has 0 radical (unpaired) electrons. The van der Waals surface area contributed by atoms with E-state index in [1.807, 2.05) is 0 Å². The summed E-state index contributed by atoms with van der Waals surface area (Å²) in [5.41, 5.74) is 0. The minimum absolute atomic E-state index is 0.230. The number of carbonyl (C=O) groups is 3. The van der Waals surface area contributed by atoms with Gasteiger partial charge in [0.1, 0.15) is 0 Å². The van der Waals surface area contributed by atoms with E-state index in [9.17, 15) is 14.4 Å². The third kappa shape index (κ3) is 4.39. The van der Waals surface area contributed by atoms with Crippen LogP contribution in [0.15, 0.2) is 0 Å². The molecule has 0 aliphatic carbocycles. The van der Waals surface area contributed by atoms with Crippen molar-refractivity contribution in [3.05, 3.63) is 0 Å². The summed E-state index contributed by atoms with van der Waals surface area (Å²) in [5, 5.41) is 0. The summed E-state index contributed by atoms with van der Waals surface area (Å²) in [7, 11) is 4.65. The molecule has 0 aromatic rings. The number of nitrogens with zero attached hydrogens (tertiary/aromatic N) is 1. The molecular weight excluding hydrogens is 230 g/mol. The molecule has 0 aliphatic rings. The first-order chi connectivity index (χ1) is 7.50. The van der Waals surface area contributed by atoms with Gasteiger partial charge >= 0.3 is 24.0 Å². The van der Waals surface area contributed by atoms with Crippen molar-refractivity contribution in [2.75, 3.05) is 21.1 Å². The Bertz CT molecular complexity index is 289. The molecule has 0 saturated carbocycles. The lowest BCUT2D eigenvalue weighted by molar-refractivity contribution is -1.00. The van der Waals surface area contributed by atoms with Crippen LogP contribution in [-0.4, -0.2) is 49.6 Å². The first kappa shape index (κ1) is 15.4. The maximum absolute atomic E-state index is 11.1. The van der Waals surface area contributed by atoms with E-state index >= 15 is 0 Å². The van der Waals surface area contributed by atoms with Crippen LogP contribution >= 0.6 is 0 Å². The molecule has 0 aromatic heterocycles. The van der Waals surface area contributed by atoms with E-state index in [1.54, 1.807) is 21.1 Å². The highest BCUT2D eigenvalue weighted by Gasteiger charge is 2.56. The van der Waals surface area contributed by atoms with Crippen molar-refractivity contribution in [2.24, 2.45) is 0 Å². The fourth-order valence-electron chi connectivity index (χ4n) is 1.02. The highest BCUT2D eigenvalue weighted by atomic mass is 16.9. The van der Waals surface area contributed by atoms with E-state index in [0.29, 0.717) is 0 Å². The molecule has 0 aliphatic heterocycles. The largest absolute Gasteiger partial charge is 0.597 e. The Labute approximate surface area is 99.8 Å². The van der Waals surface area contributed by atoms with Crippen LogP contribution in [-0.2, 0) is 28.6 Å². The molecule has 98 valence electrons. The smallest absolute Gasteiger partial charge is 0.339 e. The molecule has 0 fully saturated rings. The third-order valence-electron chi connectivity index (χ3n) is 1.64. The molecule has 0 saturated heterocycles. The number of rotatable bonds is 4. The van der Waals surface area contributed by atoms with E-state index < -0.39 is 24.0 Å². The zero-order valence-corrected chi connectivity index (χ0v) is 10.9. The van der Waals surface area contributed by atoms with Gasteiger partial charge in [-0.2, -0.15) is 0 Å². The van der Waals surface area contributed by atoms with Crippen LogP contribution in [0.1, 0.15) is 20.8 Å². The second-order valence-electron chi connectivity index (χ2n) is 4.32. The lowest BCUT2D eigenvalue weighted by atomic mass is 10.6. The molecule has 0 amide bonds. The fourth-order valence-corrected chi connectivity index (χ4v) is 1.02. The molecule has 0 atom stereocenters. The Morgan fingerprint density at radius 3 is 1.12 bits per heavy atom. The third-order valence-corrected chi connectivity index (χ3v) is 1.64. The number of hydrogen-bond acceptors (Lipinski definition) is 6. The normalized spacial score (nSPS) is 11.6. The fraction of sp³-hybridized carbons (Fsp3) is 0.700. The molecule has 0 rings (SSSR count). The molecule has 7 heteroatoms. The number of quaternary nitrogens is 1. The second-order valence-corrected chi connectivity index (χ2v) is 4.32. The maximum atomic E-state index is 11.1. The number of ether oxygens (including phenoxy) is 3. The highest BCUT2D eigenvalue weighted by molar-refractivity contribution is 5.70. The van der Waals surface area contributed by atoms with Crippen LogP contribution in [0.2, 0.25) is 0 Å². The Balaban J connectivity index is 5.42. The minimum Gasteiger partial charge on any atom is -0.339 e. The van der Waals surface area contributed by atoms with Crippen LogP contribution in [0.4, 0.5) is 0 Å². The van der Waals surface area contributed by atoms with Crippen LogP contribution in [0.5, 0.6) is 0 Å². The van der Waals surface area contributed by atoms with Crippen molar-refractivity contribution in [2.45, 2.75) is 26.9 Å². The van der Waals surface area contributed by atoms with Gasteiger partial charge in [-0.05, 0) is 0 Å². The zero-order chi connectivity index (χ0) is 13.9. The average Bonchev–Trinajstić information content (AvgIpc) is 1.96. The van der Waals surface area contributed by atoms with E-state index in [1.165, 1.54) is 0 Å². The van der Waals surface area contributed by atoms with E-state index in [0.717, 1.165) is 20.8 Å². The molecule has 0 aromatic carbocycles. The van der Waals surface area contributed by atoms with Crippen molar-refractivity contribution in [1.29, 1.82) is 0 Å². The van der Waals surface area contributed by atoms with Crippen molar-refractivity contribution >= 4 is 17.9 Å². The Hall–Kier alpha value is -1.63. The molecule has 0 bridgehead atoms. The quantitative estimate of drug-likeness (QED) is 0.395. The predicted octanol–water partition coefficient (Wildman–Crippen LogP) is -0.00680. The van der Waals surface area contributed by atoms with Gasteiger partial charge in [0.2, 0.25) is 0 Å². The molecule has 0 spiro atoms. The van der Waals surface area contributed by atoms with E-state index in [-0.39, 0.29) is 4.48 Å². The first-order valence-corrected chi connectivity index (χ1v) is 4.90. The zero-order valence-electron chi connectivity index (χ0n) is 10.9. The molecule has 0 heterocycles. The van der Waals surface area contributed by atoms with Gasteiger partial charge in [0.25, 0.3) is 0 Å².